The topological polar surface area (TPSA) is 139 Å². The summed E-state index contributed by atoms with van der Waals surface area (Å²) in [7, 11) is -2.37. The number of sulfonamides is 1. The highest BCUT2D eigenvalue weighted by Gasteiger charge is 2.39. The third kappa shape index (κ3) is 7.85. The highest BCUT2D eigenvalue weighted by atomic mass is 35.5. The van der Waals surface area contributed by atoms with Gasteiger partial charge in [-0.05, 0) is 84.5 Å². The molecule has 5 rings (SSSR count). The Morgan fingerprint density at radius 1 is 1.04 bits per heavy atom. The number of halogens is 3. The van der Waals surface area contributed by atoms with E-state index in [1.165, 1.54) is 19.2 Å². The van der Waals surface area contributed by atoms with Crippen LogP contribution >= 0.6 is 22.9 Å². The second-order valence-corrected chi connectivity index (χ2v) is 16.3. The van der Waals surface area contributed by atoms with Crippen molar-refractivity contribution in [2.45, 2.75) is 70.0 Å². The van der Waals surface area contributed by atoms with Crippen LogP contribution in [0.25, 0.3) is 21.2 Å². The van der Waals surface area contributed by atoms with Crippen LogP contribution in [-0.2, 0) is 16.6 Å². The molecule has 4 N–H and O–H groups in total. The van der Waals surface area contributed by atoms with Crippen LogP contribution < -0.4 is 15.2 Å². The van der Waals surface area contributed by atoms with E-state index < -0.39 is 33.7 Å². The number of fused-ring (bicyclic) bond motifs is 1. The number of nitrogens with two attached hydrogens (primary N) is 1. The lowest BCUT2D eigenvalue weighted by Gasteiger charge is -2.43. The van der Waals surface area contributed by atoms with Gasteiger partial charge in [0.1, 0.15) is 22.3 Å². The van der Waals surface area contributed by atoms with Gasteiger partial charge >= 0.3 is 6.09 Å². The first-order valence-corrected chi connectivity index (χ1v) is 18.4. The lowest BCUT2D eigenvalue weighted by atomic mass is 9.72. The summed E-state index contributed by atoms with van der Waals surface area (Å²) in [5.74, 6) is -1.38. The van der Waals surface area contributed by atoms with Gasteiger partial charge in [-0.2, -0.15) is 0 Å². The van der Waals surface area contributed by atoms with E-state index in [-0.39, 0.29) is 54.8 Å². The van der Waals surface area contributed by atoms with Crippen molar-refractivity contribution in [2.24, 2.45) is 16.5 Å². The summed E-state index contributed by atoms with van der Waals surface area (Å²) in [6.07, 6.45) is 1.27. The zero-order chi connectivity index (χ0) is 35.8. The van der Waals surface area contributed by atoms with Crippen molar-refractivity contribution in [3.05, 3.63) is 81.7 Å². The maximum absolute atomic E-state index is 14.8. The molecule has 1 atom stereocenters. The van der Waals surface area contributed by atoms with Gasteiger partial charge in [0.25, 0.3) is 5.91 Å². The summed E-state index contributed by atoms with van der Waals surface area (Å²) in [5.41, 5.74) is 1.72. The molecule has 9 nitrogen and oxygen atoms in total. The number of amides is 2. The maximum Gasteiger partial charge on any atom is 0.404 e. The van der Waals surface area contributed by atoms with Gasteiger partial charge < -0.3 is 20.1 Å². The predicted molar refractivity (Wildman–Crippen MR) is 187 cm³/mol. The molecule has 1 fully saturated rings. The van der Waals surface area contributed by atoms with Gasteiger partial charge in [-0.25, -0.2) is 27.1 Å². The van der Waals surface area contributed by atoms with E-state index in [0.29, 0.717) is 42.6 Å². The standard InChI is InChI=1S/C35H38ClF2N3O6S2/c1-35(2,3)32(40-34(43)44)20-5-10-23(11-6-20)41(33(42)31-29(36)28-25(37)14-15-26(38)30(28)48-31)18-22-17-21(9-16-27(22)47-4)19-7-12-24(13-8-19)49(39,45)46/h7-9,12-17,20,23,32,40H,5-6,10-11,18H2,1-4H3,(H,43,44)(H2,39,45,46). The number of carboxylic acid groups (broad SMARTS) is 1. The van der Waals surface area contributed by atoms with Crippen molar-refractivity contribution in [3.63, 3.8) is 0 Å². The number of carbonyl (C=O) groups is 2. The average molecular weight is 734 g/mol. The minimum Gasteiger partial charge on any atom is -0.496 e. The molecule has 49 heavy (non-hydrogen) atoms. The van der Waals surface area contributed by atoms with Crippen LogP contribution in [0.15, 0.2) is 59.5 Å². The largest absolute Gasteiger partial charge is 0.496 e. The first-order valence-electron chi connectivity index (χ1n) is 15.7. The lowest BCUT2D eigenvalue weighted by molar-refractivity contribution is 0.0543. The molecule has 1 aromatic heterocycles. The van der Waals surface area contributed by atoms with Crippen LogP contribution in [0.3, 0.4) is 0 Å². The summed E-state index contributed by atoms with van der Waals surface area (Å²) in [4.78, 5) is 27.8. The van der Waals surface area contributed by atoms with Crippen molar-refractivity contribution < 1.29 is 36.6 Å². The van der Waals surface area contributed by atoms with E-state index in [1.807, 2.05) is 32.9 Å². The SMILES string of the molecule is COc1ccc(-c2ccc(S(N)(=O)=O)cc2)cc1CN(C(=O)c1sc2c(F)ccc(F)c2c1Cl)C1CCC(C(NC(=O)O)C(C)(C)C)CC1. The minimum atomic E-state index is -3.88. The molecule has 14 heteroatoms. The number of thiophene rings is 1. The number of primary sulfonamides is 1. The highest BCUT2D eigenvalue weighted by Crippen LogP contribution is 2.42. The Morgan fingerprint density at radius 2 is 1.65 bits per heavy atom. The number of hydrogen-bond acceptors (Lipinski definition) is 6. The van der Waals surface area contributed by atoms with Crippen molar-refractivity contribution >= 4 is 55.0 Å². The summed E-state index contributed by atoms with van der Waals surface area (Å²) in [6.45, 7) is 6.02. The molecule has 1 aliphatic carbocycles. The molecule has 4 aromatic rings. The summed E-state index contributed by atoms with van der Waals surface area (Å²) < 4.78 is 58.8. The number of ether oxygens (including phenoxy) is 1. The minimum absolute atomic E-state index is 0.0107. The van der Waals surface area contributed by atoms with Gasteiger partial charge in [-0.3, -0.25) is 4.79 Å². The van der Waals surface area contributed by atoms with Gasteiger partial charge in [0.05, 0.1) is 27.1 Å². The fourth-order valence-electron chi connectivity index (χ4n) is 6.76. The Morgan fingerprint density at radius 3 is 2.20 bits per heavy atom. The number of nitrogens with one attached hydrogen (secondary N) is 1. The van der Waals surface area contributed by atoms with Gasteiger partial charge in [0.15, 0.2) is 0 Å². The van der Waals surface area contributed by atoms with E-state index in [2.05, 4.69) is 5.32 Å². The number of carbonyl (C=O) groups excluding carboxylic acids is 1. The Balaban J connectivity index is 1.53. The molecule has 0 spiro atoms. The van der Waals surface area contributed by atoms with Crippen LogP contribution in [0.1, 0.15) is 61.7 Å². The van der Waals surface area contributed by atoms with Gasteiger partial charge in [0, 0.05) is 24.2 Å². The molecular formula is C35H38ClF2N3O6S2. The number of methoxy groups -OCH3 is 1. The smallest absolute Gasteiger partial charge is 0.404 e. The van der Waals surface area contributed by atoms with Crippen LogP contribution in [0, 0.1) is 23.0 Å². The molecule has 1 unspecified atom stereocenters. The van der Waals surface area contributed by atoms with Gasteiger partial charge in [-0.15, -0.1) is 11.3 Å². The van der Waals surface area contributed by atoms with E-state index in [9.17, 15) is 31.9 Å². The molecule has 1 saturated carbocycles. The van der Waals surface area contributed by atoms with Gasteiger partial charge in [0.2, 0.25) is 10.0 Å². The first-order chi connectivity index (χ1) is 23.0. The van der Waals surface area contributed by atoms with Crippen LogP contribution in [0.4, 0.5) is 13.6 Å². The third-order valence-electron chi connectivity index (χ3n) is 9.14. The molecule has 3 aromatic carbocycles. The van der Waals surface area contributed by atoms with E-state index in [0.717, 1.165) is 29.0 Å². The molecule has 0 radical (unpaired) electrons. The van der Waals surface area contributed by atoms with Crippen molar-refractivity contribution in [3.8, 4) is 16.9 Å². The first kappa shape index (κ1) is 36.5. The molecule has 2 amide bonds. The van der Waals surface area contributed by atoms with E-state index >= 15 is 0 Å². The molecular weight excluding hydrogens is 696 g/mol. The maximum atomic E-state index is 14.8. The summed E-state index contributed by atoms with van der Waals surface area (Å²) in [5, 5.41) is 17.2. The molecule has 262 valence electrons. The predicted octanol–water partition coefficient (Wildman–Crippen LogP) is 8.04. The molecule has 1 aliphatic rings. The van der Waals surface area contributed by atoms with Crippen LogP contribution in [-0.4, -0.2) is 49.6 Å². The molecule has 1 heterocycles. The Labute approximate surface area is 293 Å². The highest BCUT2D eigenvalue weighted by molar-refractivity contribution is 7.89. The Hall–Kier alpha value is -3.78. The van der Waals surface area contributed by atoms with Crippen LogP contribution in [0.2, 0.25) is 5.02 Å². The summed E-state index contributed by atoms with van der Waals surface area (Å²) in [6, 6.07) is 12.8. The van der Waals surface area contributed by atoms with Crippen LogP contribution in [0.5, 0.6) is 5.75 Å². The summed E-state index contributed by atoms with van der Waals surface area (Å²) >= 11 is 7.40. The number of benzene rings is 3. The fraction of sp³-hybridized carbons (Fsp3) is 0.371. The zero-order valence-corrected chi connectivity index (χ0v) is 29.8. The number of nitrogens with zero attached hydrogens (tertiary/aromatic N) is 1. The molecule has 0 aliphatic heterocycles. The second kappa shape index (κ2) is 14.2. The number of hydrogen-bond donors (Lipinski definition) is 3. The van der Waals surface area contributed by atoms with Crippen molar-refractivity contribution in [1.82, 2.24) is 10.2 Å². The van der Waals surface area contributed by atoms with E-state index in [4.69, 9.17) is 21.5 Å². The monoisotopic (exact) mass is 733 g/mol. The zero-order valence-electron chi connectivity index (χ0n) is 27.4. The lowest BCUT2D eigenvalue weighted by Crippen LogP contribution is -2.50. The molecule has 0 saturated heterocycles. The fourth-order valence-corrected chi connectivity index (χ4v) is 8.78. The van der Waals surface area contributed by atoms with Crippen molar-refractivity contribution in [2.75, 3.05) is 7.11 Å². The Bertz CT molecular complexity index is 1990. The molecule has 0 bridgehead atoms. The normalized spacial score (nSPS) is 17.5. The number of rotatable bonds is 9. The second-order valence-electron chi connectivity index (χ2n) is 13.4. The quantitative estimate of drug-likeness (QED) is 0.159. The third-order valence-corrected chi connectivity index (χ3v) is 11.7. The Kier molecular flexibility index (Phi) is 10.6. The average Bonchev–Trinajstić information content (AvgIpc) is 3.41. The van der Waals surface area contributed by atoms with Crippen molar-refractivity contribution in [1.29, 1.82) is 0 Å². The van der Waals surface area contributed by atoms with Gasteiger partial charge in [-0.1, -0.05) is 50.6 Å². The van der Waals surface area contributed by atoms with E-state index in [1.54, 1.807) is 23.1 Å².